The highest BCUT2D eigenvalue weighted by atomic mass is 19.1. The Labute approximate surface area is 190 Å². The molecule has 3 rings (SSSR count). The summed E-state index contributed by atoms with van der Waals surface area (Å²) in [5.41, 5.74) is 3.86. The molecule has 6 nitrogen and oxygen atoms in total. The lowest BCUT2D eigenvalue weighted by atomic mass is 10.1. The molecule has 0 bridgehead atoms. The molecule has 32 heavy (non-hydrogen) atoms. The van der Waals surface area contributed by atoms with Crippen molar-refractivity contribution in [1.29, 1.82) is 0 Å². The van der Waals surface area contributed by atoms with E-state index in [1.165, 1.54) is 12.1 Å². The van der Waals surface area contributed by atoms with E-state index in [1.54, 1.807) is 18.0 Å². The number of piperazine rings is 1. The average Bonchev–Trinajstić information content (AvgIpc) is 2.76. The van der Waals surface area contributed by atoms with Gasteiger partial charge in [-0.25, -0.2) is 4.39 Å². The predicted octanol–water partition coefficient (Wildman–Crippen LogP) is 3.05. The van der Waals surface area contributed by atoms with Gasteiger partial charge in [-0.3, -0.25) is 19.4 Å². The maximum atomic E-state index is 13.4. The van der Waals surface area contributed by atoms with E-state index in [0.29, 0.717) is 13.1 Å². The van der Waals surface area contributed by atoms with Gasteiger partial charge >= 0.3 is 0 Å². The number of rotatable bonds is 7. The Bertz CT molecular complexity index is 957. The molecule has 1 aliphatic heterocycles. The van der Waals surface area contributed by atoms with Crippen LogP contribution in [-0.2, 0) is 16.1 Å². The SMILES string of the molecule is Cc1cccc(NC(=O)CN2CCN(C(C)C(=O)N(C)Cc3cccc(F)c3)CC2)c1C. The van der Waals surface area contributed by atoms with E-state index in [9.17, 15) is 14.0 Å². The lowest BCUT2D eigenvalue weighted by Gasteiger charge is -2.38. The standard InChI is InChI=1S/C25H33FN4O2/c1-18-7-5-10-23(19(18)2)27-24(31)17-29-11-13-30(14-12-29)20(3)25(32)28(4)16-21-8-6-9-22(26)15-21/h5-10,15,20H,11-14,16-17H2,1-4H3,(H,27,31). The molecule has 172 valence electrons. The summed E-state index contributed by atoms with van der Waals surface area (Å²) in [7, 11) is 1.75. The number of amides is 2. The first-order chi connectivity index (χ1) is 15.2. The van der Waals surface area contributed by atoms with Crippen LogP contribution in [0, 0.1) is 19.7 Å². The molecule has 7 heteroatoms. The van der Waals surface area contributed by atoms with E-state index >= 15 is 0 Å². The molecule has 1 heterocycles. The number of aryl methyl sites for hydroxylation is 1. The number of hydrogen-bond acceptors (Lipinski definition) is 4. The Morgan fingerprint density at radius 3 is 2.47 bits per heavy atom. The van der Waals surface area contributed by atoms with Crippen molar-refractivity contribution in [1.82, 2.24) is 14.7 Å². The minimum absolute atomic E-state index is 0.00961. The van der Waals surface area contributed by atoms with Crippen LogP contribution < -0.4 is 5.32 Å². The molecule has 1 unspecified atom stereocenters. The van der Waals surface area contributed by atoms with Gasteiger partial charge in [0.1, 0.15) is 5.82 Å². The number of anilines is 1. The molecule has 2 amide bonds. The number of benzene rings is 2. The fourth-order valence-electron chi connectivity index (χ4n) is 4.05. The van der Waals surface area contributed by atoms with E-state index in [4.69, 9.17) is 0 Å². The summed E-state index contributed by atoms with van der Waals surface area (Å²) >= 11 is 0. The lowest BCUT2D eigenvalue weighted by molar-refractivity contribution is -0.136. The van der Waals surface area contributed by atoms with E-state index in [-0.39, 0.29) is 23.7 Å². The molecule has 1 atom stereocenters. The number of carbonyl (C=O) groups excluding carboxylic acids is 2. The number of hydrogen-bond donors (Lipinski definition) is 1. The Kier molecular flexibility index (Phi) is 7.99. The van der Waals surface area contributed by atoms with Crippen molar-refractivity contribution >= 4 is 17.5 Å². The van der Waals surface area contributed by atoms with Crippen molar-refractivity contribution < 1.29 is 14.0 Å². The van der Waals surface area contributed by atoms with Gasteiger partial charge in [-0.15, -0.1) is 0 Å². The molecule has 0 spiro atoms. The summed E-state index contributed by atoms with van der Waals surface area (Å²) in [4.78, 5) is 31.3. The van der Waals surface area contributed by atoms with Crippen molar-refractivity contribution in [3.8, 4) is 0 Å². The topological polar surface area (TPSA) is 55.9 Å². The number of nitrogens with one attached hydrogen (secondary N) is 1. The van der Waals surface area contributed by atoms with Crippen molar-refractivity contribution in [2.24, 2.45) is 0 Å². The summed E-state index contributed by atoms with van der Waals surface area (Å²) in [5, 5.41) is 3.01. The predicted molar refractivity (Wildman–Crippen MR) is 125 cm³/mol. The Morgan fingerprint density at radius 1 is 1.09 bits per heavy atom. The molecule has 2 aromatic rings. The number of halogens is 1. The summed E-state index contributed by atoms with van der Waals surface area (Å²) in [6.07, 6.45) is 0. The minimum Gasteiger partial charge on any atom is -0.340 e. The minimum atomic E-state index is -0.297. The van der Waals surface area contributed by atoms with Gasteiger partial charge in [0.15, 0.2) is 0 Å². The Hall–Kier alpha value is -2.77. The first-order valence-corrected chi connectivity index (χ1v) is 11.1. The van der Waals surface area contributed by atoms with Gasteiger partial charge in [0.25, 0.3) is 0 Å². The molecule has 0 radical (unpaired) electrons. The number of carbonyl (C=O) groups is 2. The van der Waals surface area contributed by atoms with Crippen LogP contribution >= 0.6 is 0 Å². The zero-order valence-electron chi connectivity index (χ0n) is 19.4. The zero-order chi connectivity index (χ0) is 23.3. The molecule has 1 saturated heterocycles. The second kappa shape index (κ2) is 10.7. The molecule has 0 aromatic heterocycles. The molecule has 2 aromatic carbocycles. The molecule has 1 aliphatic rings. The van der Waals surface area contributed by atoms with Crippen molar-refractivity contribution in [2.75, 3.05) is 45.1 Å². The molecule has 1 fully saturated rings. The van der Waals surface area contributed by atoms with Crippen LogP contribution in [0.1, 0.15) is 23.6 Å². The van der Waals surface area contributed by atoms with Gasteiger partial charge in [-0.1, -0.05) is 24.3 Å². The summed E-state index contributed by atoms with van der Waals surface area (Å²) in [6.45, 7) is 9.55. The third-order valence-electron chi connectivity index (χ3n) is 6.24. The van der Waals surface area contributed by atoms with Gasteiger partial charge in [-0.2, -0.15) is 0 Å². The zero-order valence-corrected chi connectivity index (χ0v) is 19.4. The molecule has 0 saturated carbocycles. The quantitative estimate of drug-likeness (QED) is 0.719. The second-order valence-corrected chi connectivity index (χ2v) is 8.61. The highest BCUT2D eigenvalue weighted by molar-refractivity contribution is 5.93. The van der Waals surface area contributed by atoms with Crippen molar-refractivity contribution in [2.45, 2.75) is 33.4 Å². The maximum Gasteiger partial charge on any atom is 0.239 e. The van der Waals surface area contributed by atoms with Gasteiger partial charge in [0, 0.05) is 45.5 Å². The third kappa shape index (κ3) is 6.14. The second-order valence-electron chi connectivity index (χ2n) is 8.61. The molecular weight excluding hydrogens is 407 g/mol. The van der Waals surface area contributed by atoms with Crippen LogP contribution in [0.5, 0.6) is 0 Å². The first kappa shape index (κ1) is 23.9. The maximum absolute atomic E-state index is 13.4. The van der Waals surface area contributed by atoms with Gasteiger partial charge in [0.2, 0.25) is 11.8 Å². The van der Waals surface area contributed by atoms with E-state index < -0.39 is 0 Å². The summed E-state index contributed by atoms with van der Waals surface area (Å²) in [6, 6.07) is 12.0. The highest BCUT2D eigenvalue weighted by Crippen LogP contribution is 2.18. The van der Waals surface area contributed by atoms with Gasteiger partial charge in [0.05, 0.1) is 12.6 Å². The fourth-order valence-corrected chi connectivity index (χ4v) is 4.05. The molecule has 0 aliphatic carbocycles. The normalized spacial score (nSPS) is 15.9. The van der Waals surface area contributed by atoms with E-state index in [1.807, 2.05) is 45.0 Å². The summed E-state index contributed by atoms with van der Waals surface area (Å²) < 4.78 is 13.4. The van der Waals surface area contributed by atoms with Crippen molar-refractivity contribution in [3.05, 3.63) is 65.0 Å². The van der Waals surface area contributed by atoms with Crippen molar-refractivity contribution in [3.63, 3.8) is 0 Å². The lowest BCUT2D eigenvalue weighted by Crippen LogP contribution is -2.54. The van der Waals surface area contributed by atoms with Crippen LogP contribution in [0.15, 0.2) is 42.5 Å². The van der Waals surface area contributed by atoms with Crippen LogP contribution in [0.2, 0.25) is 0 Å². The van der Waals surface area contributed by atoms with Gasteiger partial charge < -0.3 is 10.2 Å². The van der Waals surface area contributed by atoms with E-state index in [2.05, 4.69) is 15.1 Å². The van der Waals surface area contributed by atoms with Crippen LogP contribution in [0.3, 0.4) is 0 Å². The largest absolute Gasteiger partial charge is 0.340 e. The van der Waals surface area contributed by atoms with Crippen LogP contribution in [0.4, 0.5) is 10.1 Å². The average molecular weight is 441 g/mol. The fraction of sp³-hybridized carbons (Fsp3) is 0.440. The van der Waals surface area contributed by atoms with Crippen LogP contribution in [0.25, 0.3) is 0 Å². The van der Waals surface area contributed by atoms with Crippen LogP contribution in [-0.4, -0.2) is 72.3 Å². The number of likely N-dealkylation sites (N-methyl/N-ethyl adjacent to an activating group) is 1. The molecular formula is C25H33FN4O2. The van der Waals surface area contributed by atoms with E-state index in [0.717, 1.165) is 48.6 Å². The third-order valence-corrected chi connectivity index (χ3v) is 6.24. The van der Waals surface area contributed by atoms with Gasteiger partial charge in [-0.05, 0) is 55.7 Å². The Morgan fingerprint density at radius 2 is 1.78 bits per heavy atom. The Balaban J connectivity index is 1.46. The first-order valence-electron chi connectivity index (χ1n) is 11.1. The number of nitrogens with zero attached hydrogens (tertiary/aromatic N) is 3. The highest BCUT2D eigenvalue weighted by Gasteiger charge is 2.28. The smallest absolute Gasteiger partial charge is 0.239 e. The molecule has 1 N–H and O–H groups in total. The summed E-state index contributed by atoms with van der Waals surface area (Å²) in [5.74, 6) is -0.310. The monoisotopic (exact) mass is 440 g/mol.